The quantitative estimate of drug-likeness (QED) is 0.768. The van der Waals surface area contributed by atoms with Crippen LogP contribution in [-0.4, -0.2) is 18.6 Å². The number of sulfonamides is 1. The molecular weight excluding hydrogens is 326 g/mol. The van der Waals surface area contributed by atoms with E-state index in [2.05, 4.69) is 14.9 Å². The molecule has 24 heavy (non-hydrogen) atoms. The van der Waals surface area contributed by atoms with Gasteiger partial charge in [-0.15, -0.1) is 10.2 Å². The molecule has 1 heterocycles. The largest absolute Gasteiger partial charge is 0.420 e. The van der Waals surface area contributed by atoms with Crippen molar-refractivity contribution in [3.8, 4) is 11.5 Å². The summed E-state index contributed by atoms with van der Waals surface area (Å²) in [5.74, 6) is -0.0274. The van der Waals surface area contributed by atoms with Gasteiger partial charge in [-0.25, -0.2) is 8.42 Å². The lowest BCUT2D eigenvalue weighted by molar-refractivity contribution is 0.519. The van der Waals surface area contributed by atoms with Gasteiger partial charge < -0.3 is 4.42 Å². The summed E-state index contributed by atoms with van der Waals surface area (Å²) in [7, 11) is -3.62. The van der Waals surface area contributed by atoms with Crippen LogP contribution in [0.2, 0.25) is 0 Å². The topological polar surface area (TPSA) is 85.1 Å². The molecule has 0 atom stereocenters. The van der Waals surface area contributed by atoms with Gasteiger partial charge in [0.05, 0.1) is 0 Å². The van der Waals surface area contributed by atoms with Crippen LogP contribution in [-0.2, 0) is 15.8 Å². The number of nitrogens with one attached hydrogen (secondary N) is 1. The number of aryl methyl sites for hydroxylation is 2. The van der Waals surface area contributed by atoms with Crippen molar-refractivity contribution in [2.75, 3.05) is 4.72 Å². The molecule has 0 amide bonds. The zero-order valence-corrected chi connectivity index (χ0v) is 14.2. The van der Waals surface area contributed by atoms with Gasteiger partial charge in [-0.1, -0.05) is 35.4 Å². The predicted molar refractivity (Wildman–Crippen MR) is 91.9 cm³/mol. The number of anilines is 1. The molecule has 2 aromatic carbocycles. The first kappa shape index (κ1) is 16.2. The number of hydrogen-bond donors (Lipinski definition) is 1. The van der Waals surface area contributed by atoms with E-state index in [1.165, 1.54) is 0 Å². The number of aromatic nitrogens is 2. The van der Waals surface area contributed by atoms with Crippen LogP contribution in [0.1, 0.15) is 17.0 Å². The van der Waals surface area contributed by atoms with Crippen LogP contribution in [0.3, 0.4) is 0 Å². The Morgan fingerprint density at radius 1 is 0.917 bits per heavy atom. The van der Waals surface area contributed by atoms with E-state index in [9.17, 15) is 8.42 Å². The maximum absolute atomic E-state index is 12.2. The van der Waals surface area contributed by atoms with Gasteiger partial charge in [0.15, 0.2) is 0 Å². The van der Waals surface area contributed by atoms with Crippen molar-refractivity contribution in [1.29, 1.82) is 0 Å². The van der Waals surface area contributed by atoms with Crippen LogP contribution in [0.15, 0.2) is 52.9 Å². The van der Waals surface area contributed by atoms with Crippen LogP contribution in [0.5, 0.6) is 0 Å². The third-order valence-electron chi connectivity index (χ3n) is 3.40. The highest BCUT2D eigenvalue weighted by molar-refractivity contribution is 7.91. The smallest absolute Gasteiger partial charge is 0.247 e. The summed E-state index contributed by atoms with van der Waals surface area (Å²) in [6.07, 6.45) is 0. The Balaban J connectivity index is 1.73. The monoisotopic (exact) mass is 343 g/mol. The maximum atomic E-state index is 12.2. The van der Waals surface area contributed by atoms with Gasteiger partial charge in [-0.3, -0.25) is 4.72 Å². The Hall–Kier alpha value is -2.67. The first-order valence-corrected chi connectivity index (χ1v) is 9.03. The van der Waals surface area contributed by atoms with Crippen molar-refractivity contribution in [1.82, 2.24) is 10.2 Å². The molecule has 0 aliphatic carbocycles. The van der Waals surface area contributed by atoms with Crippen molar-refractivity contribution >= 4 is 15.7 Å². The van der Waals surface area contributed by atoms with E-state index >= 15 is 0 Å². The van der Waals surface area contributed by atoms with Crippen LogP contribution in [0.4, 0.5) is 5.69 Å². The van der Waals surface area contributed by atoms with Crippen LogP contribution in [0, 0.1) is 13.8 Å². The molecule has 0 bridgehead atoms. The molecular formula is C17H17N3O3S. The van der Waals surface area contributed by atoms with Gasteiger partial charge in [0.2, 0.25) is 21.8 Å². The van der Waals surface area contributed by atoms with E-state index in [1.54, 1.807) is 12.1 Å². The minimum atomic E-state index is -3.62. The molecule has 1 aromatic heterocycles. The predicted octanol–water partition coefficient (Wildman–Crippen LogP) is 3.30. The van der Waals surface area contributed by atoms with Crippen LogP contribution >= 0.6 is 0 Å². The number of hydrogen-bond acceptors (Lipinski definition) is 5. The van der Waals surface area contributed by atoms with E-state index in [0.717, 1.165) is 16.7 Å². The minimum absolute atomic E-state index is 0.0465. The Bertz CT molecular complexity index is 930. The Morgan fingerprint density at radius 2 is 1.50 bits per heavy atom. The molecule has 124 valence electrons. The summed E-state index contributed by atoms with van der Waals surface area (Å²) in [4.78, 5) is 0. The van der Waals surface area contributed by atoms with Gasteiger partial charge in [-0.05, 0) is 38.1 Å². The summed E-state index contributed by atoms with van der Waals surface area (Å²) in [6, 6.07) is 14.6. The molecule has 0 unspecified atom stereocenters. The fourth-order valence-electron chi connectivity index (χ4n) is 2.12. The molecule has 0 aliphatic rings. The highest BCUT2D eigenvalue weighted by atomic mass is 32.2. The van der Waals surface area contributed by atoms with E-state index in [1.807, 2.05) is 50.2 Å². The second kappa shape index (κ2) is 6.45. The average Bonchev–Trinajstić information content (AvgIpc) is 2.98. The normalized spacial score (nSPS) is 11.4. The number of benzene rings is 2. The van der Waals surface area contributed by atoms with Gasteiger partial charge in [0.1, 0.15) is 5.75 Å². The van der Waals surface area contributed by atoms with E-state index < -0.39 is 10.0 Å². The lowest BCUT2D eigenvalue weighted by Gasteiger charge is -2.06. The van der Waals surface area contributed by atoms with Gasteiger partial charge in [0, 0.05) is 11.3 Å². The lowest BCUT2D eigenvalue weighted by Crippen LogP contribution is -2.15. The zero-order valence-electron chi connectivity index (χ0n) is 13.4. The Labute approximate surface area is 140 Å². The summed E-state index contributed by atoms with van der Waals surface area (Å²) in [5.41, 5.74) is 3.42. The highest BCUT2D eigenvalue weighted by Gasteiger charge is 2.17. The fourth-order valence-corrected chi connectivity index (χ4v) is 3.13. The van der Waals surface area contributed by atoms with Crippen molar-refractivity contribution in [3.63, 3.8) is 0 Å². The van der Waals surface area contributed by atoms with Crippen molar-refractivity contribution in [2.45, 2.75) is 19.6 Å². The molecule has 0 fully saturated rings. The average molecular weight is 343 g/mol. The molecule has 0 saturated carbocycles. The van der Waals surface area contributed by atoms with Crippen LogP contribution in [0.25, 0.3) is 11.5 Å². The summed E-state index contributed by atoms with van der Waals surface area (Å²) < 4.78 is 32.4. The molecule has 6 nitrogen and oxygen atoms in total. The molecule has 7 heteroatoms. The lowest BCUT2D eigenvalue weighted by atomic mass is 10.1. The third kappa shape index (κ3) is 3.99. The zero-order chi connectivity index (χ0) is 17.2. The standard InChI is InChI=1S/C17H17N3O3S/c1-12-3-7-14(8-4-12)17-19-18-16(23-17)11-24(21,22)20-15-9-5-13(2)6-10-15/h3-10,20H,11H2,1-2H3. The first-order valence-electron chi connectivity index (χ1n) is 7.38. The van der Waals surface area contributed by atoms with Gasteiger partial charge >= 0.3 is 0 Å². The maximum Gasteiger partial charge on any atom is 0.247 e. The second-order valence-corrected chi connectivity index (χ2v) is 7.32. The second-order valence-electron chi connectivity index (χ2n) is 5.59. The molecule has 0 spiro atoms. The van der Waals surface area contributed by atoms with Gasteiger partial charge in [0.25, 0.3) is 0 Å². The highest BCUT2D eigenvalue weighted by Crippen LogP contribution is 2.20. The van der Waals surface area contributed by atoms with E-state index in [-0.39, 0.29) is 11.6 Å². The van der Waals surface area contributed by atoms with E-state index in [0.29, 0.717) is 11.6 Å². The third-order valence-corrected chi connectivity index (χ3v) is 4.58. The van der Waals surface area contributed by atoms with Crippen molar-refractivity contribution in [2.24, 2.45) is 0 Å². The van der Waals surface area contributed by atoms with Crippen molar-refractivity contribution < 1.29 is 12.8 Å². The molecule has 3 rings (SSSR count). The summed E-state index contributed by atoms with van der Waals surface area (Å²) in [6.45, 7) is 3.91. The van der Waals surface area contributed by atoms with Crippen molar-refractivity contribution in [3.05, 3.63) is 65.5 Å². The summed E-state index contributed by atoms with van der Waals surface area (Å²) in [5, 5.41) is 7.73. The molecule has 0 radical (unpaired) electrons. The number of nitrogens with zero attached hydrogens (tertiary/aromatic N) is 2. The Morgan fingerprint density at radius 3 is 2.12 bits per heavy atom. The first-order chi connectivity index (χ1) is 11.4. The van der Waals surface area contributed by atoms with Crippen LogP contribution < -0.4 is 4.72 Å². The summed E-state index contributed by atoms with van der Waals surface area (Å²) >= 11 is 0. The Kier molecular flexibility index (Phi) is 4.35. The fraction of sp³-hybridized carbons (Fsp3) is 0.176. The minimum Gasteiger partial charge on any atom is -0.420 e. The molecule has 0 saturated heterocycles. The van der Waals surface area contributed by atoms with E-state index in [4.69, 9.17) is 4.42 Å². The SMILES string of the molecule is Cc1ccc(NS(=O)(=O)Cc2nnc(-c3ccc(C)cc3)o2)cc1. The number of rotatable bonds is 5. The molecule has 0 aliphatic heterocycles. The molecule has 1 N–H and O–H groups in total. The van der Waals surface area contributed by atoms with Gasteiger partial charge in [-0.2, -0.15) is 0 Å². The molecule has 3 aromatic rings.